The summed E-state index contributed by atoms with van der Waals surface area (Å²) in [6, 6.07) is 14.4. The quantitative estimate of drug-likeness (QED) is 0.891. The van der Waals surface area contributed by atoms with E-state index in [9.17, 15) is 9.59 Å². The van der Waals surface area contributed by atoms with Gasteiger partial charge in [-0.1, -0.05) is 41.9 Å². The van der Waals surface area contributed by atoms with E-state index >= 15 is 0 Å². The van der Waals surface area contributed by atoms with Gasteiger partial charge < -0.3 is 11.1 Å². The Labute approximate surface area is 127 Å². The molecule has 0 fully saturated rings. The average molecular weight is 303 g/mol. The second-order valence-electron chi connectivity index (χ2n) is 4.59. The number of halogens is 1. The Morgan fingerprint density at radius 2 is 1.81 bits per heavy atom. The van der Waals surface area contributed by atoms with E-state index in [1.165, 1.54) is 12.1 Å². The molecule has 0 bridgehead atoms. The topological polar surface area (TPSA) is 72.2 Å². The predicted molar refractivity (Wildman–Crippen MR) is 83.4 cm³/mol. The number of aryl methyl sites for hydroxylation is 1. The van der Waals surface area contributed by atoms with E-state index in [1.54, 1.807) is 6.07 Å². The molecule has 3 N–H and O–H groups in total. The van der Waals surface area contributed by atoms with Gasteiger partial charge in [-0.3, -0.25) is 9.59 Å². The van der Waals surface area contributed by atoms with Crippen molar-refractivity contribution in [3.05, 3.63) is 64.7 Å². The van der Waals surface area contributed by atoms with E-state index in [0.717, 1.165) is 5.56 Å². The first kappa shape index (κ1) is 15.1. The normalized spacial score (nSPS) is 10.1. The van der Waals surface area contributed by atoms with Gasteiger partial charge in [-0.05, 0) is 30.2 Å². The molecule has 0 spiro atoms. The molecule has 0 atom stereocenters. The summed E-state index contributed by atoms with van der Waals surface area (Å²) in [7, 11) is 0. The van der Waals surface area contributed by atoms with Crippen molar-refractivity contribution in [3.63, 3.8) is 0 Å². The number of nitrogens with two attached hydrogens (primary N) is 1. The van der Waals surface area contributed by atoms with Gasteiger partial charge in [0.05, 0.1) is 10.6 Å². The monoisotopic (exact) mass is 302 g/mol. The lowest BCUT2D eigenvalue weighted by Gasteiger charge is -2.07. The zero-order valence-corrected chi connectivity index (χ0v) is 12.1. The van der Waals surface area contributed by atoms with Crippen molar-refractivity contribution in [2.24, 2.45) is 5.73 Å². The van der Waals surface area contributed by atoms with Crippen LogP contribution in [0.4, 0.5) is 5.69 Å². The van der Waals surface area contributed by atoms with Gasteiger partial charge in [0.15, 0.2) is 0 Å². The van der Waals surface area contributed by atoms with Crippen LogP contribution in [0.25, 0.3) is 0 Å². The molecule has 0 saturated heterocycles. The number of hydrogen-bond donors (Lipinski definition) is 2. The van der Waals surface area contributed by atoms with E-state index in [0.29, 0.717) is 18.5 Å². The molecule has 0 aliphatic carbocycles. The first-order chi connectivity index (χ1) is 10.1. The van der Waals surface area contributed by atoms with Gasteiger partial charge in [-0.2, -0.15) is 0 Å². The Morgan fingerprint density at radius 1 is 1.10 bits per heavy atom. The second kappa shape index (κ2) is 6.90. The Kier molecular flexibility index (Phi) is 4.95. The van der Waals surface area contributed by atoms with Gasteiger partial charge in [-0.25, -0.2) is 0 Å². The lowest BCUT2D eigenvalue weighted by Crippen LogP contribution is -2.14. The highest BCUT2D eigenvalue weighted by atomic mass is 35.5. The van der Waals surface area contributed by atoms with Gasteiger partial charge in [0.25, 0.3) is 0 Å². The molecule has 5 heteroatoms. The van der Waals surface area contributed by atoms with Crippen LogP contribution in [0.1, 0.15) is 22.3 Å². The highest BCUT2D eigenvalue weighted by molar-refractivity contribution is 6.34. The number of carbonyl (C=O) groups excluding carboxylic acids is 2. The molecule has 4 nitrogen and oxygen atoms in total. The summed E-state index contributed by atoms with van der Waals surface area (Å²) in [6.45, 7) is 0. The largest absolute Gasteiger partial charge is 0.366 e. The molecule has 108 valence electrons. The van der Waals surface area contributed by atoms with E-state index in [4.69, 9.17) is 17.3 Å². The summed E-state index contributed by atoms with van der Waals surface area (Å²) < 4.78 is 0. The minimum atomic E-state index is -0.595. The highest BCUT2D eigenvalue weighted by Crippen LogP contribution is 2.20. The number of nitrogens with one attached hydrogen (secondary N) is 1. The third-order valence-corrected chi connectivity index (χ3v) is 3.31. The van der Waals surface area contributed by atoms with Crippen LogP contribution in [0.2, 0.25) is 5.02 Å². The molecule has 2 aromatic carbocycles. The molecular weight excluding hydrogens is 288 g/mol. The lowest BCUT2D eigenvalue weighted by atomic mass is 10.1. The standard InChI is InChI=1S/C16H15ClN2O2/c17-14-10-12(7-8-13(14)16(18)21)19-15(20)9-6-11-4-2-1-3-5-11/h1-5,7-8,10H,6,9H2,(H2,18,21)(H,19,20). The van der Waals surface area contributed by atoms with E-state index < -0.39 is 5.91 Å². The molecule has 0 saturated carbocycles. The number of rotatable bonds is 5. The zero-order valence-electron chi connectivity index (χ0n) is 11.3. The van der Waals surface area contributed by atoms with Crippen molar-refractivity contribution in [1.29, 1.82) is 0 Å². The van der Waals surface area contributed by atoms with Crippen LogP contribution in [0.15, 0.2) is 48.5 Å². The molecule has 2 aromatic rings. The summed E-state index contributed by atoms with van der Waals surface area (Å²) in [6.07, 6.45) is 1.04. The van der Waals surface area contributed by atoms with Crippen molar-refractivity contribution in [3.8, 4) is 0 Å². The number of amides is 2. The number of carbonyl (C=O) groups is 2. The molecule has 0 aromatic heterocycles. The molecular formula is C16H15ClN2O2. The Morgan fingerprint density at radius 3 is 2.43 bits per heavy atom. The van der Waals surface area contributed by atoms with Gasteiger partial charge in [0.2, 0.25) is 11.8 Å². The first-order valence-electron chi connectivity index (χ1n) is 6.49. The van der Waals surface area contributed by atoms with Crippen molar-refractivity contribution >= 4 is 29.1 Å². The lowest BCUT2D eigenvalue weighted by molar-refractivity contribution is -0.116. The molecule has 2 amide bonds. The molecule has 0 radical (unpaired) electrons. The fraction of sp³-hybridized carbons (Fsp3) is 0.125. The third kappa shape index (κ3) is 4.33. The van der Waals surface area contributed by atoms with E-state index in [1.807, 2.05) is 30.3 Å². The number of hydrogen-bond acceptors (Lipinski definition) is 2. The molecule has 0 unspecified atom stereocenters. The zero-order chi connectivity index (χ0) is 15.2. The second-order valence-corrected chi connectivity index (χ2v) is 5.00. The maximum absolute atomic E-state index is 11.9. The van der Waals surface area contributed by atoms with Crippen LogP contribution < -0.4 is 11.1 Å². The van der Waals surface area contributed by atoms with Crippen molar-refractivity contribution in [2.45, 2.75) is 12.8 Å². The molecule has 2 rings (SSSR count). The number of benzene rings is 2. The molecule has 0 aliphatic heterocycles. The van der Waals surface area contributed by atoms with Gasteiger partial charge in [0.1, 0.15) is 0 Å². The summed E-state index contributed by atoms with van der Waals surface area (Å²) in [4.78, 5) is 22.9. The summed E-state index contributed by atoms with van der Waals surface area (Å²) in [5.41, 5.74) is 7.05. The van der Waals surface area contributed by atoms with Crippen LogP contribution in [0, 0.1) is 0 Å². The molecule has 21 heavy (non-hydrogen) atoms. The predicted octanol–water partition coefficient (Wildman–Crippen LogP) is 3.01. The number of anilines is 1. The summed E-state index contributed by atoms with van der Waals surface area (Å²) in [5, 5.41) is 2.97. The van der Waals surface area contributed by atoms with E-state index in [2.05, 4.69) is 5.32 Å². The maximum Gasteiger partial charge on any atom is 0.250 e. The van der Waals surface area contributed by atoms with Crippen LogP contribution in [0.3, 0.4) is 0 Å². The fourth-order valence-corrected chi connectivity index (χ4v) is 2.19. The van der Waals surface area contributed by atoms with Crippen molar-refractivity contribution in [2.75, 3.05) is 5.32 Å². The van der Waals surface area contributed by atoms with Crippen LogP contribution in [0.5, 0.6) is 0 Å². The van der Waals surface area contributed by atoms with Gasteiger partial charge >= 0.3 is 0 Å². The van der Waals surface area contributed by atoms with Crippen LogP contribution in [-0.2, 0) is 11.2 Å². The van der Waals surface area contributed by atoms with Crippen LogP contribution in [-0.4, -0.2) is 11.8 Å². The molecule has 0 heterocycles. The van der Waals surface area contributed by atoms with Crippen molar-refractivity contribution in [1.82, 2.24) is 0 Å². The molecule has 0 aliphatic rings. The highest BCUT2D eigenvalue weighted by Gasteiger charge is 2.09. The van der Waals surface area contributed by atoms with E-state index in [-0.39, 0.29) is 16.5 Å². The van der Waals surface area contributed by atoms with Gasteiger partial charge in [0, 0.05) is 12.1 Å². The van der Waals surface area contributed by atoms with Crippen molar-refractivity contribution < 1.29 is 9.59 Å². The summed E-state index contributed by atoms with van der Waals surface area (Å²) in [5.74, 6) is -0.705. The summed E-state index contributed by atoms with van der Waals surface area (Å²) >= 11 is 5.93. The van der Waals surface area contributed by atoms with Crippen LogP contribution >= 0.6 is 11.6 Å². The Bertz CT molecular complexity index is 657. The minimum absolute atomic E-state index is 0.109. The third-order valence-electron chi connectivity index (χ3n) is 3.00. The Balaban J connectivity index is 1.94. The first-order valence-corrected chi connectivity index (χ1v) is 6.87. The maximum atomic E-state index is 11.9. The SMILES string of the molecule is NC(=O)c1ccc(NC(=O)CCc2ccccc2)cc1Cl. The Hall–Kier alpha value is -2.33. The van der Waals surface area contributed by atoms with Gasteiger partial charge in [-0.15, -0.1) is 0 Å². The average Bonchev–Trinajstić information content (AvgIpc) is 2.46. The number of primary amides is 1. The smallest absolute Gasteiger partial charge is 0.250 e. The fourth-order valence-electron chi connectivity index (χ4n) is 1.92. The minimum Gasteiger partial charge on any atom is -0.366 e.